The number of nitrogens with zero attached hydrogens (tertiary/aromatic N) is 1. The lowest BCUT2D eigenvalue weighted by Gasteiger charge is -2.17. The summed E-state index contributed by atoms with van der Waals surface area (Å²) in [5.41, 5.74) is -0.162. The minimum Gasteiger partial charge on any atom is -0.393 e. The summed E-state index contributed by atoms with van der Waals surface area (Å²) in [4.78, 5) is 4.34. The fourth-order valence-electron chi connectivity index (χ4n) is 2.84. The molecule has 1 aromatic carbocycles. The number of hydrogen-bond acceptors (Lipinski definition) is 2. The van der Waals surface area contributed by atoms with E-state index in [1.165, 1.54) is 6.07 Å². The number of alkyl halides is 3. The van der Waals surface area contributed by atoms with Crippen LogP contribution in [0, 0.1) is 5.92 Å². The van der Waals surface area contributed by atoms with Crippen LogP contribution in [0.15, 0.2) is 29.3 Å². The first kappa shape index (κ1) is 18.6. The molecule has 1 fully saturated rings. The van der Waals surface area contributed by atoms with Crippen molar-refractivity contribution in [2.75, 3.05) is 13.1 Å². The fraction of sp³-hybridized carbons (Fsp3) is 0.588. The molecule has 0 bridgehead atoms. The number of aliphatic hydroxyl groups excluding tert-OH is 1. The Morgan fingerprint density at radius 3 is 2.71 bits per heavy atom. The van der Waals surface area contributed by atoms with Crippen LogP contribution in [0.25, 0.3) is 0 Å². The number of hydrogen-bond donors (Lipinski definition) is 3. The molecule has 1 aromatic rings. The van der Waals surface area contributed by atoms with E-state index in [-0.39, 0.29) is 18.6 Å². The molecule has 0 heterocycles. The van der Waals surface area contributed by atoms with Gasteiger partial charge < -0.3 is 15.7 Å². The Kier molecular flexibility index (Phi) is 6.48. The number of rotatable bonds is 5. The molecule has 2 unspecified atom stereocenters. The van der Waals surface area contributed by atoms with Gasteiger partial charge in [0.25, 0.3) is 0 Å². The molecular formula is C17H24F3N3O. The van der Waals surface area contributed by atoms with Crippen molar-refractivity contribution in [1.29, 1.82) is 0 Å². The average molecular weight is 343 g/mol. The number of halogens is 3. The first-order valence-electron chi connectivity index (χ1n) is 8.26. The quantitative estimate of drug-likeness (QED) is 0.569. The smallest absolute Gasteiger partial charge is 0.393 e. The second-order valence-corrected chi connectivity index (χ2v) is 6.03. The Morgan fingerprint density at radius 1 is 1.29 bits per heavy atom. The summed E-state index contributed by atoms with van der Waals surface area (Å²) in [6, 6.07) is 5.19. The van der Waals surface area contributed by atoms with Crippen molar-refractivity contribution in [3.8, 4) is 0 Å². The molecule has 0 aliphatic heterocycles. The largest absolute Gasteiger partial charge is 0.416 e. The van der Waals surface area contributed by atoms with Gasteiger partial charge in [-0.25, -0.2) is 4.99 Å². The summed E-state index contributed by atoms with van der Waals surface area (Å²) >= 11 is 0. The van der Waals surface area contributed by atoms with E-state index >= 15 is 0 Å². The van der Waals surface area contributed by atoms with Gasteiger partial charge in [-0.2, -0.15) is 13.2 Å². The maximum Gasteiger partial charge on any atom is 0.416 e. The standard InChI is InChI=1S/C17H24F3N3O/c1-2-21-16(23-11-13-6-4-8-15(13)24)22-10-12-5-3-7-14(9-12)17(18,19)20/h3,5,7,9,13,15,24H,2,4,6,8,10-11H2,1H3,(H2,21,22,23). The topological polar surface area (TPSA) is 56.7 Å². The number of aliphatic imine (C=N–C) groups is 1. The van der Waals surface area contributed by atoms with Crippen molar-refractivity contribution in [3.63, 3.8) is 0 Å². The molecule has 1 aliphatic rings. The molecule has 134 valence electrons. The van der Waals surface area contributed by atoms with Crippen LogP contribution in [-0.2, 0) is 12.7 Å². The average Bonchev–Trinajstić information content (AvgIpc) is 2.95. The normalized spacial score (nSPS) is 21.8. The van der Waals surface area contributed by atoms with Gasteiger partial charge >= 0.3 is 6.18 Å². The Hall–Kier alpha value is -1.76. The highest BCUT2D eigenvalue weighted by molar-refractivity contribution is 5.79. The second kappa shape index (κ2) is 8.37. The number of benzene rings is 1. The van der Waals surface area contributed by atoms with Crippen LogP contribution in [0.2, 0.25) is 0 Å². The van der Waals surface area contributed by atoms with Gasteiger partial charge in [0.05, 0.1) is 18.2 Å². The maximum atomic E-state index is 12.7. The Balaban J connectivity index is 1.97. The monoisotopic (exact) mass is 343 g/mol. The van der Waals surface area contributed by atoms with Crippen LogP contribution < -0.4 is 10.6 Å². The molecule has 0 radical (unpaired) electrons. The predicted octanol–water partition coefficient (Wildman–Crippen LogP) is 2.92. The minimum atomic E-state index is -4.35. The van der Waals surface area contributed by atoms with Crippen molar-refractivity contribution < 1.29 is 18.3 Å². The highest BCUT2D eigenvalue weighted by Crippen LogP contribution is 2.29. The van der Waals surface area contributed by atoms with Crippen LogP contribution in [-0.4, -0.2) is 30.3 Å². The Bertz CT molecular complexity index is 560. The van der Waals surface area contributed by atoms with Gasteiger partial charge in [0.2, 0.25) is 0 Å². The summed E-state index contributed by atoms with van der Waals surface area (Å²) in [6.07, 6.45) is -1.82. The van der Waals surface area contributed by atoms with Crippen LogP contribution >= 0.6 is 0 Å². The summed E-state index contributed by atoms with van der Waals surface area (Å²) in [6.45, 7) is 3.34. The summed E-state index contributed by atoms with van der Waals surface area (Å²) < 4.78 is 38.2. The van der Waals surface area contributed by atoms with Gasteiger partial charge in [-0.05, 0) is 37.5 Å². The summed E-state index contributed by atoms with van der Waals surface area (Å²) in [5.74, 6) is 0.747. The van der Waals surface area contributed by atoms with Crippen LogP contribution in [0.4, 0.5) is 13.2 Å². The maximum absolute atomic E-state index is 12.7. The molecule has 0 amide bonds. The molecule has 0 spiro atoms. The lowest BCUT2D eigenvalue weighted by atomic mass is 10.1. The van der Waals surface area contributed by atoms with E-state index in [0.29, 0.717) is 24.6 Å². The Labute approximate surface area is 140 Å². The van der Waals surface area contributed by atoms with E-state index < -0.39 is 11.7 Å². The highest BCUT2D eigenvalue weighted by Gasteiger charge is 2.30. The first-order chi connectivity index (χ1) is 11.4. The molecule has 3 N–H and O–H groups in total. The van der Waals surface area contributed by atoms with Gasteiger partial charge in [0.1, 0.15) is 0 Å². The number of guanidine groups is 1. The molecule has 0 saturated heterocycles. The zero-order chi connectivity index (χ0) is 17.6. The van der Waals surface area contributed by atoms with E-state index in [1.807, 2.05) is 6.92 Å². The molecule has 7 heteroatoms. The SMILES string of the molecule is CCNC(=NCc1cccc(C(F)(F)F)c1)NCC1CCCC1O. The molecule has 1 saturated carbocycles. The fourth-order valence-corrected chi connectivity index (χ4v) is 2.84. The Morgan fingerprint density at radius 2 is 2.08 bits per heavy atom. The number of nitrogens with one attached hydrogen (secondary N) is 2. The second-order valence-electron chi connectivity index (χ2n) is 6.03. The minimum absolute atomic E-state index is 0.159. The predicted molar refractivity (Wildman–Crippen MR) is 87.6 cm³/mol. The van der Waals surface area contributed by atoms with Gasteiger partial charge in [-0.3, -0.25) is 0 Å². The molecule has 2 rings (SSSR count). The molecule has 4 nitrogen and oxygen atoms in total. The van der Waals surface area contributed by atoms with Gasteiger partial charge in [0, 0.05) is 19.0 Å². The summed E-state index contributed by atoms with van der Waals surface area (Å²) in [7, 11) is 0. The first-order valence-corrected chi connectivity index (χ1v) is 8.26. The van der Waals surface area contributed by atoms with Gasteiger partial charge in [-0.15, -0.1) is 0 Å². The third-order valence-electron chi connectivity index (χ3n) is 4.17. The summed E-state index contributed by atoms with van der Waals surface area (Å²) in [5, 5.41) is 16.1. The van der Waals surface area contributed by atoms with Crippen LogP contribution in [0.5, 0.6) is 0 Å². The van der Waals surface area contributed by atoms with E-state index in [1.54, 1.807) is 6.07 Å². The molecular weight excluding hydrogens is 319 g/mol. The number of aliphatic hydroxyl groups is 1. The van der Waals surface area contributed by atoms with E-state index in [0.717, 1.165) is 31.4 Å². The molecule has 2 atom stereocenters. The molecule has 0 aromatic heterocycles. The zero-order valence-electron chi connectivity index (χ0n) is 13.7. The van der Waals surface area contributed by atoms with E-state index in [2.05, 4.69) is 15.6 Å². The van der Waals surface area contributed by atoms with Gasteiger partial charge in [0.15, 0.2) is 5.96 Å². The third kappa shape index (κ3) is 5.40. The van der Waals surface area contributed by atoms with Crippen molar-refractivity contribution >= 4 is 5.96 Å². The van der Waals surface area contributed by atoms with Crippen molar-refractivity contribution in [2.24, 2.45) is 10.9 Å². The highest BCUT2D eigenvalue weighted by atomic mass is 19.4. The van der Waals surface area contributed by atoms with Crippen molar-refractivity contribution in [3.05, 3.63) is 35.4 Å². The third-order valence-corrected chi connectivity index (χ3v) is 4.17. The van der Waals surface area contributed by atoms with Crippen LogP contribution in [0.3, 0.4) is 0 Å². The van der Waals surface area contributed by atoms with Crippen molar-refractivity contribution in [2.45, 2.75) is 45.0 Å². The lowest BCUT2D eigenvalue weighted by Crippen LogP contribution is -2.41. The molecule has 1 aliphatic carbocycles. The van der Waals surface area contributed by atoms with Gasteiger partial charge in [-0.1, -0.05) is 18.6 Å². The molecule has 24 heavy (non-hydrogen) atoms. The van der Waals surface area contributed by atoms with Crippen molar-refractivity contribution in [1.82, 2.24) is 10.6 Å². The lowest BCUT2D eigenvalue weighted by molar-refractivity contribution is -0.137. The zero-order valence-corrected chi connectivity index (χ0v) is 13.7. The van der Waals surface area contributed by atoms with E-state index in [9.17, 15) is 18.3 Å². The van der Waals surface area contributed by atoms with Crippen LogP contribution in [0.1, 0.15) is 37.3 Å². The van der Waals surface area contributed by atoms with E-state index in [4.69, 9.17) is 0 Å².